The zero-order valence-corrected chi connectivity index (χ0v) is 20.4. The molecule has 36 heavy (non-hydrogen) atoms. The van der Waals surface area contributed by atoms with Crippen molar-refractivity contribution in [3.05, 3.63) is 77.9 Å². The Morgan fingerprint density at radius 1 is 0.833 bits per heavy atom. The molecule has 9 nitrogen and oxygen atoms in total. The van der Waals surface area contributed by atoms with Crippen molar-refractivity contribution in [2.24, 2.45) is 5.10 Å². The Morgan fingerprint density at radius 3 is 2.17 bits per heavy atom. The van der Waals surface area contributed by atoms with E-state index in [0.717, 1.165) is 6.42 Å². The number of amides is 1. The number of benzene rings is 3. The van der Waals surface area contributed by atoms with Crippen LogP contribution in [-0.4, -0.2) is 45.5 Å². The Morgan fingerprint density at radius 2 is 1.50 bits per heavy atom. The molecule has 3 rings (SSSR count). The Bertz CT molecular complexity index is 1180. The summed E-state index contributed by atoms with van der Waals surface area (Å²) in [6, 6.07) is 18.5. The van der Waals surface area contributed by atoms with Crippen LogP contribution in [-0.2, 0) is 4.79 Å². The van der Waals surface area contributed by atoms with E-state index in [4.69, 9.17) is 23.7 Å². The predicted molar refractivity (Wildman–Crippen MR) is 134 cm³/mol. The van der Waals surface area contributed by atoms with Gasteiger partial charge in [0.2, 0.25) is 0 Å². The van der Waals surface area contributed by atoms with Gasteiger partial charge in [-0.15, -0.1) is 0 Å². The van der Waals surface area contributed by atoms with Crippen LogP contribution in [0.3, 0.4) is 0 Å². The lowest BCUT2D eigenvalue weighted by Crippen LogP contribution is -2.24. The fourth-order valence-corrected chi connectivity index (χ4v) is 2.95. The third-order valence-electron chi connectivity index (χ3n) is 4.79. The highest BCUT2D eigenvalue weighted by atomic mass is 16.6. The van der Waals surface area contributed by atoms with Crippen LogP contribution in [0, 0.1) is 0 Å². The zero-order valence-electron chi connectivity index (χ0n) is 20.4. The highest BCUT2D eigenvalue weighted by Crippen LogP contribution is 2.28. The van der Waals surface area contributed by atoms with E-state index in [2.05, 4.69) is 10.5 Å². The zero-order chi connectivity index (χ0) is 25.8. The second-order valence-corrected chi connectivity index (χ2v) is 7.43. The van der Waals surface area contributed by atoms with E-state index in [1.807, 2.05) is 6.92 Å². The van der Waals surface area contributed by atoms with Crippen LogP contribution in [0.25, 0.3) is 0 Å². The van der Waals surface area contributed by atoms with Gasteiger partial charge in [-0.25, -0.2) is 10.2 Å². The number of hydrazone groups is 1. The number of carbonyl (C=O) groups is 2. The minimum absolute atomic E-state index is 0.201. The normalized spacial score (nSPS) is 10.5. The van der Waals surface area contributed by atoms with E-state index in [0.29, 0.717) is 40.7 Å². The predicted octanol–water partition coefficient (Wildman–Crippen LogP) is 4.24. The number of carbonyl (C=O) groups excluding carboxylic acids is 2. The number of esters is 1. The largest absolute Gasteiger partial charge is 0.497 e. The lowest BCUT2D eigenvalue weighted by molar-refractivity contribution is -0.123. The molecule has 1 amide bonds. The molecule has 0 atom stereocenters. The van der Waals surface area contributed by atoms with Crippen molar-refractivity contribution in [1.29, 1.82) is 0 Å². The van der Waals surface area contributed by atoms with Gasteiger partial charge >= 0.3 is 5.97 Å². The summed E-state index contributed by atoms with van der Waals surface area (Å²) >= 11 is 0. The van der Waals surface area contributed by atoms with Crippen LogP contribution < -0.4 is 29.1 Å². The van der Waals surface area contributed by atoms with Crippen molar-refractivity contribution in [3.8, 4) is 28.7 Å². The van der Waals surface area contributed by atoms with Crippen LogP contribution in [0.5, 0.6) is 28.7 Å². The number of hydrogen-bond donors (Lipinski definition) is 1. The molecule has 0 aliphatic rings. The molecular weight excluding hydrogens is 464 g/mol. The van der Waals surface area contributed by atoms with Crippen molar-refractivity contribution in [2.45, 2.75) is 13.3 Å². The molecule has 3 aromatic rings. The van der Waals surface area contributed by atoms with Crippen LogP contribution in [0.1, 0.15) is 29.3 Å². The Hall–Kier alpha value is -4.53. The summed E-state index contributed by atoms with van der Waals surface area (Å²) in [6.07, 6.45) is 2.34. The average molecular weight is 493 g/mol. The van der Waals surface area contributed by atoms with Gasteiger partial charge in [-0.05, 0) is 78.7 Å². The molecule has 188 valence electrons. The van der Waals surface area contributed by atoms with E-state index < -0.39 is 11.9 Å². The van der Waals surface area contributed by atoms with Crippen molar-refractivity contribution in [2.75, 3.05) is 27.4 Å². The minimum atomic E-state index is -0.527. The molecule has 0 aliphatic carbocycles. The number of rotatable bonds is 12. The Kier molecular flexibility index (Phi) is 9.69. The van der Waals surface area contributed by atoms with Gasteiger partial charge < -0.3 is 23.7 Å². The first-order valence-electron chi connectivity index (χ1n) is 11.2. The van der Waals surface area contributed by atoms with E-state index in [1.165, 1.54) is 13.3 Å². The molecule has 3 aromatic carbocycles. The van der Waals surface area contributed by atoms with Gasteiger partial charge in [0, 0.05) is 0 Å². The maximum atomic E-state index is 12.5. The molecule has 0 fully saturated rings. The molecule has 0 radical (unpaired) electrons. The van der Waals surface area contributed by atoms with Crippen LogP contribution in [0.4, 0.5) is 0 Å². The monoisotopic (exact) mass is 492 g/mol. The third kappa shape index (κ3) is 7.76. The van der Waals surface area contributed by atoms with E-state index in [1.54, 1.807) is 73.8 Å². The molecule has 0 heterocycles. The molecule has 1 N–H and O–H groups in total. The van der Waals surface area contributed by atoms with Crippen molar-refractivity contribution >= 4 is 18.1 Å². The van der Waals surface area contributed by atoms with Crippen LogP contribution >= 0.6 is 0 Å². The standard InChI is InChI=1S/C27H28N2O7/c1-4-15-34-22-8-6-20(7-9-22)27(31)36-24-14-5-19(16-25(24)33-3)17-28-29-26(30)18-35-23-12-10-21(32-2)11-13-23/h5-14,16-17H,4,15,18H2,1-3H3,(H,29,30)/b28-17+. The lowest BCUT2D eigenvalue weighted by atomic mass is 10.2. The second-order valence-electron chi connectivity index (χ2n) is 7.43. The highest BCUT2D eigenvalue weighted by Gasteiger charge is 2.13. The van der Waals surface area contributed by atoms with Gasteiger partial charge in [0.1, 0.15) is 17.2 Å². The molecule has 0 aliphatic heterocycles. The van der Waals surface area contributed by atoms with Gasteiger partial charge in [-0.2, -0.15) is 5.10 Å². The fourth-order valence-electron chi connectivity index (χ4n) is 2.95. The average Bonchev–Trinajstić information content (AvgIpc) is 2.92. The van der Waals surface area contributed by atoms with Crippen LogP contribution in [0.15, 0.2) is 71.8 Å². The van der Waals surface area contributed by atoms with Gasteiger partial charge in [-0.1, -0.05) is 6.92 Å². The van der Waals surface area contributed by atoms with Gasteiger partial charge in [0.05, 0.1) is 32.6 Å². The summed E-state index contributed by atoms with van der Waals surface area (Å²) in [6.45, 7) is 2.43. The van der Waals surface area contributed by atoms with Crippen molar-refractivity contribution < 1.29 is 33.3 Å². The molecular formula is C27H28N2O7. The van der Waals surface area contributed by atoms with Gasteiger partial charge in [0.15, 0.2) is 18.1 Å². The van der Waals surface area contributed by atoms with Gasteiger partial charge in [0.25, 0.3) is 5.91 Å². The topological polar surface area (TPSA) is 105 Å². The molecule has 0 spiro atoms. The molecule has 0 saturated carbocycles. The first kappa shape index (κ1) is 26.1. The lowest BCUT2D eigenvalue weighted by Gasteiger charge is -2.10. The smallest absolute Gasteiger partial charge is 0.343 e. The number of nitrogens with zero attached hydrogens (tertiary/aromatic N) is 1. The number of ether oxygens (including phenoxy) is 5. The number of methoxy groups -OCH3 is 2. The summed E-state index contributed by atoms with van der Waals surface area (Å²) in [4.78, 5) is 24.5. The third-order valence-corrected chi connectivity index (χ3v) is 4.79. The molecule has 0 bridgehead atoms. The Balaban J connectivity index is 1.53. The highest BCUT2D eigenvalue weighted by molar-refractivity contribution is 5.92. The maximum absolute atomic E-state index is 12.5. The summed E-state index contributed by atoms with van der Waals surface area (Å²) in [5.41, 5.74) is 3.40. The summed E-state index contributed by atoms with van der Waals surface area (Å²) in [5, 5.41) is 3.92. The van der Waals surface area contributed by atoms with E-state index in [9.17, 15) is 9.59 Å². The summed E-state index contributed by atoms with van der Waals surface area (Å²) in [7, 11) is 3.03. The Labute approximate surface area is 209 Å². The van der Waals surface area contributed by atoms with Gasteiger partial charge in [-0.3, -0.25) is 4.79 Å². The minimum Gasteiger partial charge on any atom is -0.497 e. The molecule has 0 saturated heterocycles. The summed E-state index contributed by atoms with van der Waals surface area (Å²) < 4.78 is 26.8. The maximum Gasteiger partial charge on any atom is 0.343 e. The van der Waals surface area contributed by atoms with E-state index >= 15 is 0 Å². The molecule has 9 heteroatoms. The number of hydrogen-bond acceptors (Lipinski definition) is 8. The second kappa shape index (κ2) is 13.4. The first-order valence-corrected chi connectivity index (χ1v) is 11.2. The molecule has 0 aromatic heterocycles. The first-order chi connectivity index (χ1) is 17.5. The quantitative estimate of drug-likeness (QED) is 0.175. The van der Waals surface area contributed by atoms with E-state index in [-0.39, 0.29) is 12.4 Å². The SMILES string of the molecule is CCCOc1ccc(C(=O)Oc2ccc(/C=N/NC(=O)COc3ccc(OC)cc3)cc2OC)cc1. The fraction of sp³-hybridized carbons (Fsp3) is 0.222. The van der Waals surface area contributed by atoms with Crippen LogP contribution in [0.2, 0.25) is 0 Å². The molecule has 0 unspecified atom stereocenters. The van der Waals surface area contributed by atoms with Crippen molar-refractivity contribution in [1.82, 2.24) is 5.43 Å². The number of nitrogens with one attached hydrogen (secondary N) is 1. The summed E-state index contributed by atoms with van der Waals surface area (Å²) in [5.74, 6) is 1.55. The van der Waals surface area contributed by atoms with Crippen molar-refractivity contribution in [3.63, 3.8) is 0 Å².